The molecule has 3 aromatic rings. The zero-order valence-electron chi connectivity index (χ0n) is 13.3. The average Bonchev–Trinajstić information content (AvgIpc) is 3.29. The van der Waals surface area contributed by atoms with Crippen molar-refractivity contribution in [3.63, 3.8) is 0 Å². The van der Waals surface area contributed by atoms with Crippen LogP contribution in [0.3, 0.4) is 0 Å². The van der Waals surface area contributed by atoms with Crippen molar-refractivity contribution >= 4 is 38.4 Å². The summed E-state index contributed by atoms with van der Waals surface area (Å²) in [5.41, 5.74) is 0.673. The van der Waals surface area contributed by atoms with E-state index >= 15 is 0 Å². The molecule has 2 aromatic heterocycles. The fraction of sp³-hybridized carbons (Fsp3) is 0.167. The van der Waals surface area contributed by atoms with E-state index in [0.717, 1.165) is 4.88 Å². The minimum atomic E-state index is -3.56. The van der Waals surface area contributed by atoms with Gasteiger partial charge < -0.3 is 5.32 Å². The lowest BCUT2D eigenvalue weighted by molar-refractivity contribution is -0.120. The monoisotopic (exact) mass is 391 g/mol. The molecule has 130 valence electrons. The second kappa shape index (κ2) is 7.95. The Balaban J connectivity index is 1.79. The molecule has 7 heteroatoms. The molecule has 0 aliphatic carbocycles. The molecule has 0 saturated carbocycles. The number of nitrogens with one attached hydrogen (secondary N) is 1. The van der Waals surface area contributed by atoms with Gasteiger partial charge in [-0.2, -0.15) is 0 Å². The zero-order valence-corrected chi connectivity index (χ0v) is 15.7. The maximum atomic E-state index is 13.0. The van der Waals surface area contributed by atoms with Crippen molar-refractivity contribution in [2.75, 3.05) is 6.54 Å². The number of amides is 1. The summed E-state index contributed by atoms with van der Waals surface area (Å²) in [6.45, 7) is 0.0501. The first-order valence-electron chi connectivity index (χ1n) is 7.69. The summed E-state index contributed by atoms with van der Waals surface area (Å²) in [5.74, 6) is -0.176. The number of rotatable bonds is 7. The predicted octanol–water partition coefficient (Wildman–Crippen LogP) is 3.68. The number of carbonyl (C=O) groups excluding carboxylic acids is 1. The van der Waals surface area contributed by atoms with E-state index in [0.29, 0.717) is 9.77 Å². The van der Waals surface area contributed by atoms with Crippen LogP contribution in [0.4, 0.5) is 0 Å². The SMILES string of the molecule is O=C(Cc1cccs1)NC[C@@H](c1ccccc1)S(=O)(=O)c1cccs1. The molecular weight excluding hydrogens is 374 g/mol. The maximum Gasteiger partial charge on any atom is 0.225 e. The van der Waals surface area contributed by atoms with Crippen LogP contribution in [0, 0.1) is 0 Å². The lowest BCUT2D eigenvalue weighted by atomic mass is 10.1. The molecule has 0 aliphatic rings. The number of hydrogen-bond acceptors (Lipinski definition) is 5. The van der Waals surface area contributed by atoms with Gasteiger partial charge in [0.1, 0.15) is 9.46 Å². The molecule has 0 bridgehead atoms. The van der Waals surface area contributed by atoms with Crippen molar-refractivity contribution in [2.45, 2.75) is 15.9 Å². The topological polar surface area (TPSA) is 63.2 Å². The van der Waals surface area contributed by atoms with Crippen molar-refractivity contribution < 1.29 is 13.2 Å². The summed E-state index contributed by atoms with van der Waals surface area (Å²) in [7, 11) is -3.56. The van der Waals surface area contributed by atoms with E-state index in [-0.39, 0.29) is 18.9 Å². The third-order valence-corrected chi connectivity index (χ3v) is 8.13. The highest BCUT2D eigenvalue weighted by Gasteiger charge is 2.30. The van der Waals surface area contributed by atoms with Gasteiger partial charge in [0.25, 0.3) is 0 Å². The highest BCUT2D eigenvalue weighted by atomic mass is 32.2. The number of sulfone groups is 1. The molecule has 1 N–H and O–H groups in total. The van der Waals surface area contributed by atoms with Crippen molar-refractivity contribution in [2.24, 2.45) is 0 Å². The minimum absolute atomic E-state index is 0.0501. The van der Waals surface area contributed by atoms with E-state index in [9.17, 15) is 13.2 Å². The second-order valence-electron chi connectivity index (χ2n) is 5.44. The van der Waals surface area contributed by atoms with Gasteiger partial charge in [-0.3, -0.25) is 4.79 Å². The van der Waals surface area contributed by atoms with Crippen molar-refractivity contribution in [1.82, 2.24) is 5.32 Å². The van der Waals surface area contributed by atoms with Crippen LogP contribution in [-0.4, -0.2) is 20.9 Å². The average molecular weight is 392 g/mol. The lowest BCUT2D eigenvalue weighted by Crippen LogP contribution is -2.32. The summed E-state index contributed by atoms with van der Waals surface area (Å²) < 4.78 is 26.3. The van der Waals surface area contributed by atoms with Gasteiger partial charge in [0.05, 0.1) is 6.42 Å². The van der Waals surface area contributed by atoms with E-state index in [2.05, 4.69) is 5.32 Å². The molecule has 0 aliphatic heterocycles. The number of thiophene rings is 2. The Bertz CT molecular complexity index is 902. The molecule has 0 fully saturated rings. The molecule has 25 heavy (non-hydrogen) atoms. The number of carbonyl (C=O) groups is 1. The molecule has 4 nitrogen and oxygen atoms in total. The molecular formula is C18H17NO3S3. The summed E-state index contributed by atoms with van der Waals surface area (Å²) in [5, 5.41) is 5.63. The van der Waals surface area contributed by atoms with Gasteiger partial charge in [-0.1, -0.05) is 42.5 Å². The fourth-order valence-electron chi connectivity index (χ4n) is 2.48. The molecule has 1 aromatic carbocycles. The molecule has 0 unspecified atom stereocenters. The first-order chi connectivity index (χ1) is 12.1. The molecule has 0 saturated heterocycles. The Kier molecular flexibility index (Phi) is 5.67. The molecule has 2 heterocycles. The van der Waals surface area contributed by atoms with Gasteiger partial charge in [0, 0.05) is 11.4 Å². The second-order valence-corrected chi connectivity index (χ2v) is 9.77. The third kappa shape index (κ3) is 4.36. The highest BCUT2D eigenvalue weighted by Crippen LogP contribution is 2.31. The van der Waals surface area contributed by atoms with Crippen LogP contribution in [0.25, 0.3) is 0 Å². The van der Waals surface area contributed by atoms with Gasteiger partial charge in [-0.25, -0.2) is 8.42 Å². The lowest BCUT2D eigenvalue weighted by Gasteiger charge is -2.18. The Hall–Kier alpha value is -1.96. The summed E-state index contributed by atoms with van der Waals surface area (Å²) in [6.07, 6.45) is 0.262. The van der Waals surface area contributed by atoms with Crippen LogP contribution in [-0.2, 0) is 21.1 Å². The summed E-state index contributed by atoms with van der Waals surface area (Å²) in [4.78, 5) is 13.1. The van der Waals surface area contributed by atoms with E-state index < -0.39 is 15.1 Å². The van der Waals surface area contributed by atoms with Crippen LogP contribution in [0.2, 0.25) is 0 Å². The molecule has 1 atom stereocenters. The minimum Gasteiger partial charge on any atom is -0.354 e. The van der Waals surface area contributed by atoms with E-state index in [4.69, 9.17) is 0 Å². The van der Waals surface area contributed by atoms with Gasteiger partial charge in [-0.15, -0.1) is 22.7 Å². The highest BCUT2D eigenvalue weighted by molar-refractivity contribution is 7.93. The van der Waals surface area contributed by atoms with E-state index in [1.54, 1.807) is 41.8 Å². The van der Waals surface area contributed by atoms with Gasteiger partial charge in [-0.05, 0) is 28.5 Å². The standard InChI is InChI=1S/C18H17NO3S3/c20-17(12-15-8-4-10-23-15)19-13-16(14-6-2-1-3-7-14)25(21,22)18-9-5-11-24-18/h1-11,16H,12-13H2,(H,19,20)/t16-/m0/s1. The quantitative estimate of drug-likeness (QED) is 0.668. The Morgan fingerprint density at radius 2 is 1.68 bits per heavy atom. The number of benzene rings is 1. The van der Waals surface area contributed by atoms with Crippen LogP contribution in [0.5, 0.6) is 0 Å². The normalized spacial score (nSPS) is 12.6. The number of hydrogen-bond donors (Lipinski definition) is 1. The zero-order chi connectivity index (χ0) is 17.7. The van der Waals surface area contributed by atoms with Crippen LogP contribution in [0.15, 0.2) is 69.6 Å². The Morgan fingerprint density at radius 1 is 0.960 bits per heavy atom. The van der Waals surface area contributed by atoms with Gasteiger partial charge in [0.2, 0.25) is 5.91 Å². The van der Waals surface area contributed by atoms with E-state index in [1.807, 2.05) is 23.6 Å². The molecule has 3 rings (SSSR count). The molecule has 0 radical (unpaired) electrons. The van der Waals surface area contributed by atoms with Gasteiger partial charge in [0.15, 0.2) is 9.84 Å². The third-order valence-electron chi connectivity index (χ3n) is 3.72. The smallest absolute Gasteiger partial charge is 0.225 e. The molecule has 1 amide bonds. The van der Waals surface area contributed by atoms with Crippen molar-refractivity contribution in [1.29, 1.82) is 0 Å². The van der Waals surface area contributed by atoms with Crippen LogP contribution in [0.1, 0.15) is 15.7 Å². The summed E-state index contributed by atoms with van der Waals surface area (Å²) in [6, 6.07) is 16.1. The van der Waals surface area contributed by atoms with Crippen molar-refractivity contribution in [3.05, 3.63) is 75.8 Å². The predicted molar refractivity (Wildman–Crippen MR) is 102 cm³/mol. The Morgan fingerprint density at radius 3 is 2.32 bits per heavy atom. The fourth-order valence-corrected chi connectivity index (χ4v) is 6.05. The van der Waals surface area contributed by atoms with Gasteiger partial charge >= 0.3 is 0 Å². The van der Waals surface area contributed by atoms with E-state index in [1.165, 1.54) is 22.7 Å². The first-order valence-corrected chi connectivity index (χ1v) is 11.0. The summed E-state index contributed by atoms with van der Waals surface area (Å²) >= 11 is 2.70. The van der Waals surface area contributed by atoms with Crippen molar-refractivity contribution in [3.8, 4) is 0 Å². The van der Waals surface area contributed by atoms with Crippen LogP contribution < -0.4 is 5.32 Å². The molecule has 0 spiro atoms. The largest absolute Gasteiger partial charge is 0.354 e. The maximum absolute atomic E-state index is 13.0. The van der Waals surface area contributed by atoms with Crippen LogP contribution >= 0.6 is 22.7 Å². The Labute approximate surface area is 155 Å². The first kappa shape index (κ1) is 17.8.